The summed E-state index contributed by atoms with van der Waals surface area (Å²) in [5, 5.41) is 0. The molecule has 0 N–H and O–H groups in total. The van der Waals surface area contributed by atoms with Crippen molar-refractivity contribution in [2.24, 2.45) is 11.8 Å². The number of amides is 1. The Morgan fingerprint density at radius 3 is 2.06 bits per heavy atom. The molecular weight excluding hydrogens is 226 g/mol. The molecule has 0 bridgehead atoms. The highest BCUT2D eigenvalue weighted by molar-refractivity contribution is 5.77. The first kappa shape index (κ1) is 15.5. The number of hydrogen-bond donors (Lipinski definition) is 0. The summed E-state index contributed by atoms with van der Waals surface area (Å²) in [4.78, 5) is 14.1. The molecular formula is C15H29NO2. The lowest BCUT2D eigenvalue weighted by atomic mass is 10.1. The van der Waals surface area contributed by atoms with Gasteiger partial charge in [-0.1, -0.05) is 40.5 Å². The van der Waals surface area contributed by atoms with Gasteiger partial charge in [-0.15, -0.1) is 0 Å². The number of nitrogens with zero attached hydrogens (tertiary/aromatic N) is 1. The SMILES string of the molecule is CC(C)CN(CC(C)C)C(=O)COC1CCCC1. The average molecular weight is 255 g/mol. The van der Waals surface area contributed by atoms with Gasteiger partial charge in [0.2, 0.25) is 5.91 Å². The van der Waals surface area contributed by atoms with Gasteiger partial charge in [-0.05, 0) is 24.7 Å². The Morgan fingerprint density at radius 1 is 1.11 bits per heavy atom. The third-order valence-electron chi connectivity index (χ3n) is 3.27. The third-order valence-corrected chi connectivity index (χ3v) is 3.27. The van der Waals surface area contributed by atoms with Gasteiger partial charge in [0, 0.05) is 13.1 Å². The van der Waals surface area contributed by atoms with Crippen LogP contribution in [-0.2, 0) is 9.53 Å². The van der Waals surface area contributed by atoms with Crippen molar-refractivity contribution in [1.82, 2.24) is 4.90 Å². The van der Waals surface area contributed by atoms with E-state index in [-0.39, 0.29) is 12.5 Å². The first-order valence-electron chi connectivity index (χ1n) is 7.38. The van der Waals surface area contributed by atoms with Crippen molar-refractivity contribution >= 4 is 5.91 Å². The van der Waals surface area contributed by atoms with Crippen LogP contribution in [0.25, 0.3) is 0 Å². The maximum Gasteiger partial charge on any atom is 0.248 e. The Bertz CT molecular complexity index is 235. The van der Waals surface area contributed by atoms with Crippen molar-refractivity contribution in [2.75, 3.05) is 19.7 Å². The fourth-order valence-electron chi connectivity index (χ4n) is 2.50. The van der Waals surface area contributed by atoms with Gasteiger partial charge in [-0.2, -0.15) is 0 Å². The van der Waals surface area contributed by atoms with Gasteiger partial charge in [-0.3, -0.25) is 4.79 Å². The lowest BCUT2D eigenvalue weighted by molar-refractivity contribution is -0.139. The molecule has 0 atom stereocenters. The molecule has 0 aromatic heterocycles. The van der Waals surface area contributed by atoms with E-state index in [2.05, 4.69) is 27.7 Å². The standard InChI is InChI=1S/C15H29NO2/c1-12(2)9-16(10-13(3)4)15(17)11-18-14-7-5-6-8-14/h12-14H,5-11H2,1-4H3. The van der Waals surface area contributed by atoms with Crippen LogP contribution < -0.4 is 0 Å². The summed E-state index contributed by atoms with van der Waals surface area (Å²) in [6.07, 6.45) is 5.08. The Hall–Kier alpha value is -0.570. The summed E-state index contributed by atoms with van der Waals surface area (Å²) in [6, 6.07) is 0. The predicted molar refractivity (Wildman–Crippen MR) is 74.5 cm³/mol. The maximum atomic E-state index is 12.2. The molecule has 0 heterocycles. The second-order valence-corrected chi connectivity index (χ2v) is 6.30. The molecule has 1 fully saturated rings. The lowest BCUT2D eigenvalue weighted by Crippen LogP contribution is -2.39. The van der Waals surface area contributed by atoms with E-state index in [0.29, 0.717) is 17.9 Å². The van der Waals surface area contributed by atoms with Crippen molar-refractivity contribution in [3.63, 3.8) is 0 Å². The van der Waals surface area contributed by atoms with Crippen LogP contribution >= 0.6 is 0 Å². The van der Waals surface area contributed by atoms with Gasteiger partial charge in [0.1, 0.15) is 6.61 Å². The summed E-state index contributed by atoms with van der Waals surface area (Å²) in [5.74, 6) is 1.18. The molecule has 0 radical (unpaired) electrons. The van der Waals surface area contributed by atoms with Gasteiger partial charge in [-0.25, -0.2) is 0 Å². The smallest absolute Gasteiger partial charge is 0.248 e. The van der Waals surface area contributed by atoms with E-state index in [1.165, 1.54) is 12.8 Å². The molecule has 0 aromatic rings. The van der Waals surface area contributed by atoms with Crippen LogP contribution in [0.4, 0.5) is 0 Å². The lowest BCUT2D eigenvalue weighted by Gasteiger charge is -2.27. The fraction of sp³-hybridized carbons (Fsp3) is 0.933. The van der Waals surface area contributed by atoms with Crippen molar-refractivity contribution in [3.8, 4) is 0 Å². The molecule has 1 rings (SSSR count). The van der Waals surface area contributed by atoms with Crippen molar-refractivity contribution in [2.45, 2.75) is 59.5 Å². The molecule has 0 spiro atoms. The van der Waals surface area contributed by atoms with E-state index in [9.17, 15) is 4.79 Å². The zero-order valence-corrected chi connectivity index (χ0v) is 12.4. The highest BCUT2D eigenvalue weighted by Gasteiger charge is 2.20. The molecule has 106 valence electrons. The molecule has 1 saturated carbocycles. The molecule has 18 heavy (non-hydrogen) atoms. The molecule has 3 heteroatoms. The van der Waals surface area contributed by atoms with E-state index < -0.39 is 0 Å². The number of ether oxygens (including phenoxy) is 1. The highest BCUT2D eigenvalue weighted by Crippen LogP contribution is 2.20. The van der Waals surface area contributed by atoms with Gasteiger partial charge in [0.05, 0.1) is 6.10 Å². The summed E-state index contributed by atoms with van der Waals surface area (Å²) < 4.78 is 5.72. The number of carbonyl (C=O) groups is 1. The predicted octanol–water partition coefficient (Wildman–Crippen LogP) is 3.09. The molecule has 1 aliphatic carbocycles. The minimum absolute atomic E-state index is 0.157. The van der Waals surface area contributed by atoms with Crippen LogP contribution in [0.1, 0.15) is 53.4 Å². The number of carbonyl (C=O) groups excluding carboxylic acids is 1. The van der Waals surface area contributed by atoms with Crippen LogP contribution in [0.15, 0.2) is 0 Å². The van der Waals surface area contributed by atoms with Crippen LogP contribution in [0.5, 0.6) is 0 Å². The maximum absolute atomic E-state index is 12.2. The van der Waals surface area contributed by atoms with Crippen LogP contribution in [0, 0.1) is 11.8 Å². The Kier molecular flexibility index (Phi) is 6.69. The normalized spacial score (nSPS) is 16.8. The van der Waals surface area contributed by atoms with E-state index in [1.54, 1.807) is 0 Å². The molecule has 1 aliphatic rings. The minimum atomic E-state index is 0.157. The summed E-state index contributed by atoms with van der Waals surface area (Å²) in [6.45, 7) is 10.5. The highest BCUT2D eigenvalue weighted by atomic mass is 16.5. The largest absolute Gasteiger partial charge is 0.368 e. The van der Waals surface area contributed by atoms with Crippen molar-refractivity contribution in [1.29, 1.82) is 0 Å². The molecule has 0 aliphatic heterocycles. The zero-order valence-electron chi connectivity index (χ0n) is 12.4. The van der Waals surface area contributed by atoms with Crippen molar-refractivity contribution < 1.29 is 9.53 Å². The van der Waals surface area contributed by atoms with Gasteiger partial charge in [0.25, 0.3) is 0 Å². The quantitative estimate of drug-likeness (QED) is 0.699. The molecule has 1 amide bonds. The molecule has 3 nitrogen and oxygen atoms in total. The summed E-state index contributed by atoms with van der Waals surface area (Å²) >= 11 is 0. The number of hydrogen-bond acceptors (Lipinski definition) is 2. The van der Waals surface area contributed by atoms with E-state index >= 15 is 0 Å². The Labute approximate surface area is 112 Å². The number of rotatable bonds is 7. The first-order valence-corrected chi connectivity index (χ1v) is 7.38. The minimum Gasteiger partial charge on any atom is -0.368 e. The second kappa shape index (κ2) is 7.78. The van der Waals surface area contributed by atoms with Crippen LogP contribution in [0.2, 0.25) is 0 Å². The summed E-state index contributed by atoms with van der Waals surface area (Å²) in [7, 11) is 0. The molecule has 0 unspecified atom stereocenters. The average Bonchev–Trinajstić information content (AvgIpc) is 2.76. The molecule has 0 aromatic carbocycles. The first-order chi connectivity index (χ1) is 8.49. The summed E-state index contributed by atoms with van der Waals surface area (Å²) in [5.41, 5.74) is 0. The van der Waals surface area contributed by atoms with Crippen LogP contribution in [-0.4, -0.2) is 36.6 Å². The van der Waals surface area contributed by atoms with E-state index in [1.807, 2.05) is 4.90 Å². The van der Waals surface area contributed by atoms with E-state index in [0.717, 1.165) is 25.9 Å². The Morgan fingerprint density at radius 2 is 1.61 bits per heavy atom. The monoisotopic (exact) mass is 255 g/mol. The topological polar surface area (TPSA) is 29.5 Å². The third kappa shape index (κ3) is 5.85. The van der Waals surface area contributed by atoms with Gasteiger partial charge in [0.15, 0.2) is 0 Å². The molecule has 0 saturated heterocycles. The Balaban J connectivity index is 2.36. The fourth-order valence-corrected chi connectivity index (χ4v) is 2.50. The van der Waals surface area contributed by atoms with Gasteiger partial charge >= 0.3 is 0 Å². The van der Waals surface area contributed by atoms with Gasteiger partial charge < -0.3 is 9.64 Å². The zero-order chi connectivity index (χ0) is 13.5. The van der Waals surface area contributed by atoms with Crippen LogP contribution in [0.3, 0.4) is 0 Å². The second-order valence-electron chi connectivity index (χ2n) is 6.30. The van der Waals surface area contributed by atoms with E-state index in [4.69, 9.17) is 4.74 Å². The van der Waals surface area contributed by atoms with Crippen molar-refractivity contribution in [3.05, 3.63) is 0 Å².